The van der Waals surface area contributed by atoms with Crippen molar-refractivity contribution in [1.82, 2.24) is 4.90 Å². The Morgan fingerprint density at radius 3 is 2.62 bits per heavy atom. The first-order valence-electron chi connectivity index (χ1n) is 4.93. The van der Waals surface area contributed by atoms with Crippen LogP contribution in [-0.4, -0.2) is 30.2 Å². The second kappa shape index (κ2) is 5.57. The van der Waals surface area contributed by atoms with Crippen molar-refractivity contribution < 1.29 is 4.79 Å². The molecular weight excluding hydrogens is 220 g/mol. The lowest BCUT2D eigenvalue weighted by Gasteiger charge is -2.16. The fourth-order valence-corrected chi connectivity index (χ4v) is 2.36. The van der Waals surface area contributed by atoms with Crippen LogP contribution in [0.1, 0.15) is 12.5 Å². The van der Waals surface area contributed by atoms with E-state index in [1.54, 1.807) is 25.1 Å². The van der Waals surface area contributed by atoms with Crippen molar-refractivity contribution in [3.05, 3.63) is 29.8 Å². The van der Waals surface area contributed by atoms with Gasteiger partial charge in [0.15, 0.2) is 0 Å². The Morgan fingerprint density at radius 1 is 1.44 bits per heavy atom. The topological polar surface area (TPSA) is 44.1 Å². The van der Waals surface area contributed by atoms with Crippen molar-refractivity contribution in [2.45, 2.75) is 17.1 Å². The summed E-state index contributed by atoms with van der Waals surface area (Å²) in [6.45, 7) is 1.85. The van der Waals surface area contributed by atoms with Crippen LogP contribution < -0.4 is 0 Å². The molecule has 0 heterocycles. The van der Waals surface area contributed by atoms with Gasteiger partial charge < -0.3 is 4.90 Å². The molecule has 1 rings (SSSR count). The van der Waals surface area contributed by atoms with E-state index in [4.69, 9.17) is 5.26 Å². The zero-order valence-corrected chi connectivity index (χ0v) is 10.4. The Balaban J connectivity index is 2.81. The Morgan fingerprint density at radius 2 is 2.06 bits per heavy atom. The highest BCUT2D eigenvalue weighted by Crippen LogP contribution is 2.26. The molecule has 1 atom stereocenters. The molecule has 84 valence electrons. The van der Waals surface area contributed by atoms with E-state index in [1.165, 1.54) is 11.8 Å². The summed E-state index contributed by atoms with van der Waals surface area (Å²) < 4.78 is 0. The van der Waals surface area contributed by atoms with E-state index in [0.717, 1.165) is 4.90 Å². The Kier molecular flexibility index (Phi) is 4.39. The fraction of sp³-hybridized carbons (Fsp3) is 0.333. The molecule has 0 saturated carbocycles. The standard InChI is InChI=1S/C12H14N2OS/c1-9(12(15)14(2)3)16-11-7-5-4-6-10(11)8-13/h4-7,9H,1-3H3. The highest BCUT2D eigenvalue weighted by atomic mass is 32.2. The molecule has 16 heavy (non-hydrogen) atoms. The van der Waals surface area contributed by atoms with Crippen molar-refractivity contribution in [1.29, 1.82) is 5.26 Å². The second-order valence-electron chi connectivity index (χ2n) is 3.60. The summed E-state index contributed by atoms with van der Waals surface area (Å²) in [6.07, 6.45) is 0. The van der Waals surface area contributed by atoms with Crippen LogP contribution >= 0.6 is 11.8 Å². The molecule has 1 aromatic carbocycles. The molecular formula is C12H14N2OS. The van der Waals surface area contributed by atoms with Gasteiger partial charge in [0.25, 0.3) is 0 Å². The minimum atomic E-state index is -0.176. The largest absolute Gasteiger partial charge is 0.348 e. The van der Waals surface area contributed by atoms with E-state index in [-0.39, 0.29) is 11.2 Å². The predicted octanol–water partition coefficient (Wildman–Crippen LogP) is 2.13. The SMILES string of the molecule is CC(Sc1ccccc1C#N)C(=O)N(C)C. The molecule has 4 heteroatoms. The summed E-state index contributed by atoms with van der Waals surface area (Å²) >= 11 is 1.42. The van der Waals surface area contributed by atoms with Gasteiger partial charge in [-0.3, -0.25) is 4.79 Å². The van der Waals surface area contributed by atoms with Gasteiger partial charge in [-0.25, -0.2) is 0 Å². The molecule has 0 N–H and O–H groups in total. The quantitative estimate of drug-likeness (QED) is 0.752. The molecule has 0 saturated heterocycles. The van der Waals surface area contributed by atoms with Crippen molar-refractivity contribution in [2.24, 2.45) is 0 Å². The molecule has 0 spiro atoms. The lowest BCUT2D eigenvalue weighted by Crippen LogP contribution is -2.29. The summed E-state index contributed by atoms with van der Waals surface area (Å²) in [7, 11) is 3.46. The van der Waals surface area contributed by atoms with E-state index in [9.17, 15) is 4.79 Å². The van der Waals surface area contributed by atoms with E-state index < -0.39 is 0 Å². The summed E-state index contributed by atoms with van der Waals surface area (Å²) in [6, 6.07) is 9.44. The number of carbonyl (C=O) groups excluding carboxylic acids is 1. The normalized spacial score (nSPS) is 11.6. The lowest BCUT2D eigenvalue weighted by molar-refractivity contribution is -0.127. The highest BCUT2D eigenvalue weighted by Gasteiger charge is 2.17. The van der Waals surface area contributed by atoms with Gasteiger partial charge in [-0.2, -0.15) is 5.26 Å². The summed E-state index contributed by atoms with van der Waals surface area (Å²) in [5.41, 5.74) is 0.617. The molecule has 0 fully saturated rings. The zero-order chi connectivity index (χ0) is 12.1. The summed E-state index contributed by atoms with van der Waals surface area (Å²) in [5, 5.41) is 8.74. The van der Waals surface area contributed by atoms with Gasteiger partial charge in [-0.1, -0.05) is 12.1 Å². The number of nitrogens with zero attached hydrogens (tertiary/aromatic N) is 2. The Bertz CT molecular complexity index is 423. The van der Waals surface area contributed by atoms with Crippen molar-refractivity contribution in [2.75, 3.05) is 14.1 Å². The van der Waals surface area contributed by atoms with Gasteiger partial charge in [-0.05, 0) is 19.1 Å². The molecule has 0 aliphatic heterocycles. The van der Waals surface area contributed by atoms with Gasteiger partial charge in [0.1, 0.15) is 6.07 Å². The number of rotatable bonds is 3. The van der Waals surface area contributed by atoms with Crippen LogP contribution in [0.4, 0.5) is 0 Å². The third kappa shape index (κ3) is 3.01. The number of hydrogen-bond donors (Lipinski definition) is 0. The lowest BCUT2D eigenvalue weighted by atomic mass is 10.2. The van der Waals surface area contributed by atoms with Crippen molar-refractivity contribution >= 4 is 17.7 Å². The van der Waals surface area contributed by atoms with E-state index in [2.05, 4.69) is 6.07 Å². The Labute approximate surface area is 100 Å². The number of benzene rings is 1. The number of hydrogen-bond acceptors (Lipinski definition) is 3. The predicted molar refractivity (Wildman–Crippen MR) is 65.2 cm³/mol. The van der Waals surface area contributed by atoms with E-state index >= 15 is 0 Å². The Hall–Kier alpha value is -1.47. The number of amides is 1. The third-order valence-electron chi connectivity index (χ3n) is 2.10. The first-order chi connectivity index (χ1) is 7.56. The molecule has 0 aromatic heterocycles. The molecule has 3 nitrogen and oxygen atoms in total. The average Bonchev–Trinajstić information content (AvgIpc) is 2.28. The first-order valence-corrected chi connectivity index (χ1v) is 5.81. The van der Waals surface area contributed by atoms with Crippen LogP contribution in [0.2, 0.25) is 0 Å². The van der Waals surface area contributed by atoms with E-state index in [0.29, 0.717) is 5.56 Å². The third-order valence-corrected chi connectivity index (χ3v) is 3.26. The van der Waals surface area contributed by atoms with Gasteiger partial charge in [0.2, 0.25) is 5.91 Å². The zero-order valence-electron chi connectivity index (χ0n) is 9.60. The average molecular weight is 234 g/mol. The number of carbonyl (C=O) groups is 1. The second-order valence-corrected chi connectivity index (χ2v) is 4.98. The maximum absolute atomic E-state index is 11.7. The molecule has 1 aromatic rings. The van der Waals surface area contributed by atoms with Crippen LogP contribution in [0.25, 0.3) is 0 Å². The number of thioether (sulfide) groups is 1. The maximum atomic E-state index is 11.7. The van der Waals surface area contributed by atoms with Crippen LogP contribution in [-0.2, 0) is 4.79 Å². The molecule has 1 unspecified atom stereocenters. The minimum absolute atomic E-state index is 0.0535. The van der Waals surface area contributed by atoms with Crippen LogP contribution in [0.15, 0.2) is 29.2 Å². The fourth-order valence-electron chi connectivity index (χ4n) is 1.27. The minimum Gasteiger partial charge on any atom is -0.348 e. The van der Waals surface area contributed by atoms with Crippen molar-refractivity contribution in [3.63, 3.8) is 0 Å². The van der Waals surface area contributed by atoms with Crippen molar-refractivity contribution in [3.8, 4) is 6.07 Å². The van der Waals surface area contributed by atoms with Gasteiger partial charge in [0.05, 0.1) is 10.8 Å². The maximum Gasteiger partial charge on any atom is 0.235 e. The van der Waals surface area contributed by atoms with E-state index in [1.807, 2.05) is 25.1 Å². The first kappa shape index (κ1) is 12.6. The van der Waals surface area contributed by atoms with Crippen LogP contribution in [0, 0.1) is 11.3 Å². The van der Waals surface area contributed by atoms with Crippen LogP contribution in [0.5, 0.6) is 0 Å². The molecule has 0 bridgehead atoms. The number of nitriles is 1. The van der Waals surface area contributed by atoms with Gasteiger partial charge in [0, 0.05) is 19.0 Å². The van der Waals surface area contributed by atoms with Gasteiger partial charge >= 0.3 is 0 Å². The van der Waals surface area contributed by atoms with Crippen LogP contribution in [0.3, 0.4) is 0 Å². The highest BCUT2D eigenvalue weighted by molar-refractivity contribution is 8.00. The molecule has 1 amide bonds. The molecule has 0 radical (unpaired) electrons. The summed E-state index contributed by atoms with van der Waals surface area (Å²) in [4.78, 5) is 14.1. The monoisotopic (exact) mass is 234 g/mol. The summed E-state index contributed by atoms with van der Waals surface area (Å²) in [5.74, 6) is 0.0535. The molecule has 0 aliphatic carbocycles. The molecule has 0 aliphatic rings. The smallest absolute Gasteiger partial charge is 0.235 e. The van der Waals surface area contributed by atoms with Gasteiger partial charge in [-0.15, -0.1) is 11.8 Å².